The van der Waals surface area contributed by atoms with E-state index in [1.54, 1.807) is 11.3 Å². The van der Waals surface area contributed by atoms with Gasteiger partial charge in [0.05, 0.1) is 12.5 Å². The van der Waals surface area contributed by atoms with Crippen molar-refractivity contribution in [2.75, 3.05) is 0 Å². The van der Waals surface area contributed by atoms with E-state index in [0.717, 1.165) is 5.56 Å². The Morgan fingerprint density at radius 2 is 2.29 bits per heavy atom. The van der Waals surface area contributed by atoms with Crippen LogP contribution in [0.1, 0.15) is 24.4 Å². The Hall–Kier alpha value is -0.810. The average Bonchev–Trinajstić information content (AvgIpc) is 2.63. The second-order valence-corrected chi connectivity index (χ2v) is 4.44. The molecule has 1 aromatic rings. The summed E-state index contributed by atoms with van der Waals surface area (Å²) in [6.45, 7) is 0. The number of carbonyl (C=O) groups is 2. The SMILES string of the molecule is O=C1CC(=O)N(S)C(c2ccsc2)C1. The molecule has 0 N–H and O–H groups in total. The number of carbonyl (C=O) groups excluding carboxylic acids is 2. The van der Waals surface area contributed by atoms with Gasteiger partial charge in [-0.15, -0.1) is 0 Å². The summed E-state index contributed by atoms with van der Waals surface area (Å²) in [5.74, 6) is -0.211. The number of hydrogen-bond acceptors (Lipinski definition) is 4. The van der Waals surface area contributed by atoms with Gasteiger partial charge in [-0.2, -0.15) is 11.3 Å². The molecule has 74 valence electrons. The minimum atomic E-state index is -0.208. The second kappa shape index (κ2) is 3.74. The summed E-state index contributed by atoms with van der Waals surface area (Å²) in [6, 6.07) is 1.74. The second-order valence-electron chi connectivity index (χ2n) is 3.23. The van der Waals surface area contributed by atoms with Crippen molar-refractivity contribution in [3.63, 3.8) is 0 Å². The molecule has 1 fully saturated rings. The van der Waals surface area contributed by atoms with Crippen LogP contribution in [0.5, 0.6) is 0 Å². The first-order valence-electron chi connectivity index (χ1n) is 4.23. The van der Waals surface area contributed by atoms with Crippen molar-refractivity contribution in [3.05, 3.63) is 22.4 Å². The predicted octanol–water partition coefficient (Wildman–Crippen LogP) is 1.83. The molecule has 0 aromatic carbocycles. The summed E-state index contributed by atoms with van der Waals surface area (Å²) in [5.41, 5.74) is 0.992. The van der Waals surface area contributed by atoms with E-state index in [9.17, 15) is 9.59 Å². The Balaban J connectivity index is 2.26. The van der Waals surface area contributed by atoms with Crippen molar-refractivity contribution in [3.8, 4) is 0 Å². The molecule has 2 rings (SSSR count). The van der Waals surface area contributed by atoms with Crippen molar-refractivity contribution in [1.82, 2.24) is 4.31 Å². The van der Waals surface area contributed by atoms with Gasteiger partial charge in [-0.05, 0) is 22.4 Å². The van der Waals surface area contributed by atoms with Gasteiger partial charge >= 0.3 is 0 Å². The molecule has 1 atom stereocenters. The monoisotopic (exact) mass is 227 g/mol. The summed E-state index contributed by atoms with van der Waals surface area (Å²) in [7, 11) is 0. The molecule has 1 saturated heterocycles. The normalized spacial score (nSPS) is 22.9. The fraction of sp³-hybridized carbons (Fsp3) is 0.333. The van der Waals surface area contributed by atoms with Crippen LogP contribution < -0.4 is 0 Å². The first-order chi connectivity index (χ1) is 6.68. The third-order valence-corrected chi connectivity index (χ3v) is 3.45. The van der Waals surface area contributed by atoms with Gasteiger partial charge in [0.15, 0.2) is 0 Å². The summed E-state index contributed by atoms with van der Waals surface area (Å²) < 4.78 is 1.36. The Labute approximate surface area is 91.3 Å². The lowest BCUT2D eigenvalue weighted by molar-refractivity contribution is -0.137. The molecular weight excluding hydrogens is 218 g/mol. The lowest BCUT2D eigenvalue weighted by Gasteiger charge is -2.29. The third kappa shape index (κ3) is 1.69. The minimum absolute atomic E-state index is 0.00324. The quantitative estimate of drug-likeness (QED) is 0.587. The maximum absolute atomic E-state index is 11.3. The van der Waals surface area contributed by atoms with Gasteiger partial charge in [-0.25, -0.2) is 0 Å². The molecule has 1 unspecified atom stereocenters. The van der Waals surface area contributed by atoms with Gasteiger partial charge in [-0.3, -0.25) is 13.9 Å². The average molecular weight is 227 g/mol. The first kappa shape index (κ1) is 9.73. The zero-order chi connectivity index (χ0) is 10.1. The van der Waals surface area contributed by atoms with E-state index >= 15 is 0 Å². The predicted molar refractivity (Wildman–Crippen MR) is 57.1 cm³/mol. The molecule has 0 bridgehead atoms. The third-order valence-electron chi connectivity index (χ3n) is 2.25. The van der Waals surface area contributed by atoms with E-state index in [1.807, 2.05) is 16.8 Å². The van der Waals surface area contributed by atoms with Crippen LogP contribution in [0.4, 0.5) is 0 Å². The fourth-order valence-electron chi connectivity index (χ4n) is 1.52. The molecule has 1 aliphatic rings. The maximum Gasteiger partial charge on any atom is 0.240 e. The van der Waals surface area contributed by atoms with Crippen molar-refractivity contribution < 1.29 is 9.59 Å². The number of amides is 1. The van der Waals surface area contributed by atoms with Crippen LogP contribution in [0.25, 0.3) is 0 Å². The van der Waals surface area contributed by atoms with Crippen LogP contribution in [0, 0.1) is 0 Å². The van der Waals surface area contributed by atoms with Crippen LogP contribution in [0.3, 0.4) is 0 Å². The van der Waals surface area contributed by atoms with Gasteiger partial charge in [0.25, 0.3) is 0 Å². The van der Waals surface area contributed by atoms with E-state index in [-0.39, 0.29) is 24.2 Å². The lowest BCUT2D eigenvalue weighted by atomic mass is 9.98. The lowest BCUT2D eigenvalue weighted by Crippen LogP contribution is -2.35. The van der Waals surface area contributed by atoms with Crippen molar-refractivity contribution in [2.24, 2.45) is 0 Å². The van der Waals surface area contributed by atoms with Crippen molar-refractivity contribution in [1.29, 1.82) is 0 Å². The molecule has 0 spiro atoms. The molecule has 1 aliphatic heterocycles. The van der Waals surface area contributed by atoms with Gasteiger partial charge in [0, 0.05) is 6.42 Å². The summed E-state index contributed by atoms with van der Waals surface area (Å²) in [5, 5.41) is 3.88. The van der Waals surface area contributed by atoms with E-state index < -0.39 is 0 Å². The minimum Gasteiger partial charge on any atom is -0.299 e. The molecule has 1 aromatic heterocycles. The Kier molecular flexibility index (Phi) is 2.60. The molecule has 0 saturated carbocycles. The Morgan fingerprint density at radius 3 is 2.93 bits per heavy atom. The van der Waals surface area contributed by atoms with Crippen LogP contribution in [-0.2, 0) is 9.59 Å². The molecule has 1 amide bonds. The molecule has 14 heavy (non-hydrogen) atoms. The van der Waals surface area contributed by atoms with Crippen LogP contribution in [0.15, 0.2) is 16.8 Å². The largest absolute Gasteiger partial charge is 0.299 e. The number of piperidine rings is 1. The highest BCUT2D eigenvalue weighted by Gasteiger charge is 2.31. The molecule has 0 aliphatic carbocycles. The molecule has 0 radical (unpaired) electrons. The van der Waals surface area contributed by atoms with Crippen LogP contribution >= 0.6 is 24.2 Å². The van der Waals surface area contributed by atoms with Gasteiger partial charge in [0.1, 0.15) is 5.78 Å². The first-order valence-corrected chi connectivity index (χ1v) is 5.57. The highest BCUT2D eigenvalue weighted by atomic mass is 32.1. The standard InChI is InChI=1S/C9H9NO2S2/c11-7-3-8(6-1-2-14-5-6)10(13)9(12)4-7/h1-2,5,8,13H,3-4H2. The number of rotatable bonds is 1. The topological polar surface area (TPSA) is 37.4 Å². The van der Waals surface area contributed by atoms with Crippen LogP contribution in [-0.4, -0.2) is 16.0 Å². The Morgan fingerprint density at radius 1 is 1.50 bits per heavy atom. The molecule has 3 nitrogen and oxygen atoms in total. The van der Waals surface area contributed by atoms with Crippen LogP contribution in [0.2, 0.25) is 0 Å². The zero-order valence-corrected chi connectivity index (χ0v) is 9.05. The highest BCUT2D eigenvalue weighted by molar-refractivity contribution is 7.78. The summed E-state index contributed by atoms with van der Waals surface area (Å²) >= 11 is 5.67. The van der Waals surface area contributed by atoms with E-state index in [0.29, 0.717) is 6.42 Å². The number of Topliss-reactive ketones (excluding diaryl/α,β-unsaturated/α-hetero) is 1. The van der Waals surface area contributed by atoms with E-state index in [2.05, 4.69) is 12.8 Å². The number of hydrogen-bond donors (Lipinski definition) is 1. The fourth-order valence-corrected chi connectivity index (χ4v) is 2.51. The van der Waals surface area contributed by atoms with Gasteiger partial charge in [-0.1, -0.05) is 12.8 Å². The van der Waals surface area contributed by atoms with Crippen molar-refractivity contribution in [2.45, 2.75) is 18.9 Å². The summed E-state index contributed by atoms with van der Waals surface area (Å²) in [4.78, 5) is 22.6. The molecule has 5 heteroatoms. The van der Waals surface area contributed by atoms with Gasteiger partial charge in [0.2, 0.25) is 5.91 Å². The number of nitrogens with zero attached hydrogens (tertiary/aromatic N) is 1. The van der Waals surface area contributed by atoms with E-state index in [4.69, 9.17) is 0 Å². The number of ketones is 1. The maximum atomic E-state index is 11.3. The van der Waals surface area contributed by atoms with Crippen molar-refractivity contribution >= 4 is 35.8 Å². The molecule has 2 heterocycles. The number of thiophene rings is 1. The smallest absolute Gasteiger partial charge is 0.240 e. The number of thiol groups is 1. The van der Waals surface area contributed by atoms with E-state index in [1.165, 1.54) is 4.31 Å². The van der Waals surface area contributed by atoms with Gasteiger partial charge < -0.3 is 0 Å². The zero-order valence-electron chi connectivity index (χ0n) is 7.34. The summed E-state index contributed by atoms with van der Waals surface area (Å²) in [6.07, 6.45) is 0.371. The Bertz CT molecular complexity index is 361. The highest BCUT2D eigenvalue weighted by Crippen LogP contribution is 2.32. The molecular formula is C9H9NO2S2.